The third-order valence-corrected chi connectivity index (χ3v) is 15.0. The lowest BCUT2D eigenvalue weighted by Crippen LogP contribution is -2.64. The van der Waals surface area contributed by atoms with Crippen molar-refractivity contribution < 1.29 is 64.2 Å². The molecule has 2 heterocycles. The van der Waals surface area contributed by atoms with Gasteiger partial charge in [0.15, 0.2) is 12.6 Å². The second kappa shape index (κ2) is 36.4. The molecule has 68 heavy (non-hydrogen) atoms. The van der Waals surface area contributed by atoms with E-state index in [4.69, 9.17) is 28.4 Å². The first kappa shape index (κ1) is 63.6. The zero-order valence-corrected chi connectivity index (χ0v) is 44.9. The molecule has 2 saturated heterocycles. The summed E-state index contributed by atoms with van der Waals surface area (Å²) in [5, 5.41) is 73.0. The summed E-state index contributed by atoms with van der Waals surface area (Å²) < 4.78 is 35.7. The van der Waals surface area contributed by atoms with Crippen LogP contribution in [0.15, 0.2) is 0 Å². The quantitative estimate of drug-likeness (QED) is 0.0288. The molecule has 13 heteroatoms. The van der Waals surface area contributed by atoms with Gasteiger partial charge in [0.05, 0.1) is 26.4 Å². The fourth-order valence-electron chi connectivity index (χ4n) is 9.85. The van der Waals surface area contributed by atoms with E-state index in [1.54, 1.807) is 0 Å². The summed E-state index contributed by atoms with van der Waals surface area (Å²) in [5.41, 5.74) is 0. The molecular weight excluding hydrogens is 869 g/mol. The van der Waals surface area contributed by atoms with Gasteiger partial charge in [0.2, 0.25) is 0 Å². The highest BCUT2D eigenvalue weighted by Gasteiger charge is 2.51. The summed E-state index contributed by atoms with van der Waals surface area (Å²) in [6, 6.07) is 0. The topological polar surface area (TPSA) is 197 Å². The molecule has 2 aliphatic heterocycles. The van der Waals surface area contributed by atoms with Crippen LogP contribution in [0.4, 0.5) is 0 Å². The van der Waals surface area contributed by atoms with Crippen LogP contribution in [0.3, 0.4) is 0 Å². The van der Waals surface area contributed by atoms with Crippen molar-refractivity contribution in [3.05, 3.63) is 0 Å². The van der Waals surface area contributed by atoms with Crippen LogP contribution < -0.4 is 0 Å². The molecule has 406 valence electrons. The Labute approximate surface area is 415 Å². The molecule has 7 N–H and O–H groups in total. The van der Waals surface area contributed by atoms with E-state index in [2.05, 4.69) is 69.2 Å². The van der Waals surface area contributed by atoms with E-state index in [0.717, 1.165) is 54.8 Å². The van der Waals surface area contributed by atoms with Gasteiger partial charge in [-0.3, -0.25) is 0 Å². The first-order valence-electron chi connectivity index (χ1n) is 27.8. The predicted molar refractivity (Wildman–Crippen MR) is 270 cm³/mol. The van der Waals surface area contributed by atoms with Gasteiger partial charge >= 0.3 is 0 Å². The Morgan fingerprint density at radius 1 is 0.397 bits per heavy atom. The van der Waals surface area contributed by atoms with Gasteiger partial charge in [0, 0.05) is 13.2 Å². The molecule has 13 nitrogen and oxygen atoms in total. The molecule has 0 aromatic heterocycles. The van der Waals surface area contributed by atoms with Gasteiger partial charge in [-0.1, -0.05) is 185 Å². The highest BCUT2D eigenvalue weighted by molar-refractivity contribution is 4.94. The molecule has 0 spiro atoms. The number of rotatable bonds is 40. The molecule has 0 aliphatic carbocycles. The molecule has 17 atom stereocenters. The lowest BCUT2D eigenvalue weighted by atomic mass is 9.91. The van der Waals surface area contributed by atoms with Crippen LogP contribution in [0.1, 0.15) is 198 Å². The minimum atomic E-state index is -1.74. The average molecular weight is 977 g/mol. The van der Waals surface area contributed by atoms with Crippen LogP contribution >= 0.6 is 0 Å². The van der Waals surface area contributed by atoms with E-state index >= 15 is 0 Å². The molecular formula is C55H108O13. The van der Waals surface area contributed by atoms with E-state index < -0.39 is 80.7 Å². The SMILES string of the molecule is CC(C)CCC[C@@H](C)CCC[C@@H](C)CCC[C@@H](C)CCOC[C@H](CO[C@@H]1O[C@H](CO)[C@@H](O[C@H]2O[C@H](CO)[C@@H](O)[C@H](O)[C@H]2O)[C@H](O)[C@H]1O)OCC[C@H](C)CCC[C@H](C)CCC[C@H](C)CCCC(C)C. The van der Waals surface area contributed by atoms with Crippen molar-refractivity contribution in [3.63, 3.8) is 0 Å². The first-order valence-corrected chi connectivity index (χ1v) is 27.8. The minimum Gasteiger partial charge on any atom is -0.394 e. The Morgan fingerprint density at radius 2 is 0.779 bits per heavy atom. The summed E-state index contributed by atoms with van der Waals surface area (Å²) in [6.07, 6.45) is 9.40. The van der Waals surface area contributed by atoms with E-state index in [1.807, 2.05) is 0 Å². The minimum absolute atomic E-state index is 0.00274. The van der Waals surface area contributed by atoms with Crippen LogP contribution in [0.5, 0.6) is 0 Å². The summed E-state index contributed by atoms with van der Waals surface area (Å²) >= 11 is 0. The number of ether oxygens (including phenoxy) is 6. The third-order valence-electron chi connectivity index (χ3n) is 15.0. The predicted octanol–water partition coefficient (Wildman–Crippen LogP) is 8.96. The second-order valence-corrected chi connectivity index (χ2v) is 23.0. The van der Waals surface area contributed by atoms with E-state index in [0.29, 0.717) is 25.0 Å². The average Bonchev–Trinajstić information content (AvgIpc) is 3.28. The Kier molecular flexibility index (Phi) is 34.1. The zero-order valence-electron chi connectivity index (χ0n) is 44.9. The van der Waals surface area contributed by atoms with Gasteiger partial charge in [-0.25, -0.2) is 0 Å². The lowest BCUT2D eigenvalue weighted by molar-refractivity contribution is -0.360. The molecule has 2 rings (SSSR count). The van der Waals surface area contributed by atoms with Crippen molar-refractivity contribution in [3.8, 4) is 0 Å². The van der Waals surface area contributed by atoms with Crippen LogP contribution in [0.25, 0.3) is 0 Å². The number of aliphatic hydroxyl groups is 7. The standard InChI is InChI=1S/C55H108O13/c1-37(2)17-11-19-39(5)21-13-23-41(7)25-15-27-43(9)29-31-63-35-45(64-32-30-44(10)28-16-26-42(8)24-14-22-40(6)20-12-18-38(3)4)36-65-54-52(62)50(60)53(47(34-57)67-54)68-55-51(61)49(59)48(58)46(33-56)66-55/h37-62H,11-36H2,1-10H3/t39-,40-,41-,42-,43-,44-,45-,46-,47-,48-,49+,50-,51-,52-,53-,54-,55-/m1/s1. The fraction of sp³-hybridized carbons (Fsp3) is 1.00. The van der Waals surface area contributed by atoms with Crippen LogP contribution in [0, 0.1) is 47.3 Å². The molecule has 2 fully saturated rings. The maximum atomic E-state index is 11.2. The highest BCUT2D eigenvalue weighted by atomic mass is 16.7. The first-order chi connectivity index (χ1) is 32.4. The lowest BCUT2D eigenvalue weighted by Gasteiger charge is -2.46. The Morgan fingerprint density at radius 3 is 1.21 bits per heavy atom. The fourth-order valence-corrected chi connectivity index (χ4v) is 9.85. The Bertz CT molecular complexity index is 1190. The van der Waals surface area contributed by atoms with Crippen molar-refractivity contribution in [1.82, 2.24) is 0 Å². The van der Waals surface area contributed by atoms with E-state index in [1.165, 1.54) is 109 Å². The Balaban J connectivity index is 1.87. The van der Waals surface area contributed by atoms with Gasteiger partial charge in [0.1, 0.15) is 54.9 Å². The van der Waals surface area contributed by atoms with Gasteiger partial charge in [-0.2, -0.15) is 0 Å². The molecule has 0 unspecified atom stereocenters. The summed E-state index contributed by atoms with van der Waals surface area (Å²) in [5.74, 6) is 5.74. The van der Waals surface area contributed by atoms with Crippen molar-refractivity contribution in [2.75, 3.05) is 39.6 Å². The summed E-state index contributed by atoms with van der Waals surface area (Å²) in [6.45, 7) is 23.5. The molecule has 0 saturated carbocycles. The molecule has 0 aromatic carbocycles. The number of hydrogen-bond donors (Lipinski definition) is 7. The largest absolute Gasteiger partial charge is 0.394 e. The van der Waals surface area contributed by atoms with E-state index in [9.17, 15) is 35.7 Å². The van der Waals surface area contributed by atoms with Gasteiger partial charge in [-0.15, -0.1) is 0 Å². The zero-order chi connectivity index (χ0) is 50.6. The second-order valence-electron chi connectivity index (χ2n) is 23.0. The summed E-state index contributed by atoms with van der Waals surface area (Å²) in [7, 11) is 0. The molecule has 0 radical (unpaired) electrons. The molecule has 0 bridgehead atoms. The van der Waals surface area contributed by atoms with Gasteiger partial charge < -0.3 is 64.2 Å². The maximum absolute atomic E-state index is 11.2. The molecule has 0 aromatic rings. The van der Waals surface area contributed by atoms with Crippen molar-refractivity contribution >= 4 is 0 Å². The number of hydrogen-bond acceptors (Lipinski definition) is 13. The maximum Gasteiger partial charge on any atom is 0.187 e. The Hall–Kier alpha value is -0.520. The molecule has 2 aliphatic rings. The van der Waals surface area contributed by atoms with Gasteiger partial charge in [0.25, 0.3) is 0 Å². The monoisotopic (exact) mass is 977 g/mol. The molecule has 0 amide bonds. The third kappa shape index (κ3) is 26.4. The van der Waals surface area contributed by atoms with Gasteiger partial charge in [-0.05, 0) is 60.2 Å². The number of aliphatic hydroxyl groups excluding tert-OH is 7. The van der Waals surface area contributed by atoms with E-state index in [-0.39, 0.29) is 13.2 Å². The normalized spacial score (nSPS) is 29.0. The van der Waals surface area contributed by atoms with Crippen LogP contribution in [-0.4, -0.2) is 143 Å². The van der Waals surface area contributed by atoms with Crippen molar-refractivity contribution in [1.29, 1.82) is 0 Å². The summed E-state index contributed by atoms with van der Waals surface area (Å²) in [4.78, 5) is 0. The highest BCUT2D eigenvalue weighted by Crippen LogP contribution is 2.31. The van der Waals surface area contributed by atoms with Crippen molar-refractivity contribution in [2.24, 2.45) is 47.3 Å². The smallest absolute Gasteiger partial charge is 0.187 e. The van der Waals surface area contributed by atoms with Crippen LogP contribution in [0.2, 0.25) is 0 Å². The van der Waals surface area contributed by atoms with Crippen molar-refractivity contribution in [2.45, 2.75) is 265 Å². The van der Waals surface area contributed by atoms with Crippen LogP contribution in [-0.2, 0) is 28.4 Å².